The van der Waals surface area contributed by atoms with Gasteiger partial charge in [-0.25, -0.2) is 0 Å². The monoisotopic (exact) mass is 219 g/mol. The van der Waals surface area contributed by atoms with Gasteiger partial charge in [0.25, 0.3) is 0 Å². The van der Waals surface area contributed by atoms with Gasteiger partial charge in [-0.1, -0.05) is 0 Å². The molecule has 0 bridgehead atoms. The molecule has 3 nitrogen and oxygen atoms in total. The quantitative estimate of drug-likeness (QED) is 0.818. The summed E-state index contributed by atoms with van der Waals surface area (Å²) in [6, 6.07) is 6.66. The van der Waals surface area contributed by atoms with E-state index < -0.39 is 0 Å². The van der Waals surface area contributed by atoms with Crippen LogP contribution < -0.4 is 10.2 Å². The maximum atomic E-state index is 3.21. The predicted molar refractivity (Wildman–Crippen MR) is 70.4 cm³/mol. The molecule has 16 heavy (non-hydrogen) atoms. The Hall–Kier alpha value is -1.22. The van der Waals surface area contributed by atoms with Crippen molar-refractivity contribution in [3.05, 3.63) is 23.8 Å². The van der Waals surface area contributed by atoms with Crippen molar-refractivity contribution in [3.63, 3.8) is 0 Å². The third-order valence-electron chi connectivity index (χ3n) is 3.35. The van der Waals surface area contributed by atoms with Gasteiger partial charge in [-0.05, 0) is 37.7 Å². The van der Waals surface area contributed by atoms with Gasteiger partial charge in [-0.2, -0.15) is 0 Å². The molecule has 2 rings (SSSR count). The number of nitrogens with zero attached hydrogens (tertiary/aromatic N) is 2. The summed E-state index contributed by atoms with van der Waals surface area (Å²) in [5.74, 6) is 0. The van der Waals surface area contributed by atoms with E-state index in [0.717, 1.165) is 26.2 Å². The molecule has 1 aliphatic heterocycles. The standard InChI is InChI=1S/C13H21N3/c1-11-10-12(4-5-13(11)14-2)16-8-6-15(3)7-9-16/h4-5,10,14H,6-9H2,1-3H3. The molecular weight excluding hydrogens is 198 g/mol. The Morgan fingerprint density at radius 3 is 2.38 bits per heavy atom. The van der Waals surface area contributed by atoms with Crippen LogP contribution in [0, 0.1) is 6.92 Å². The lowest BCUT2D eigenvalue weighted by atomic mass is 10.1. The Labute approximate surface area is 98.0 Å². The number of hydrogen-bond donors (Lipinski definition) is 1. The average molecular weight is 219 g/mol. The van der Waals surface area contributed by atoms with Crippen molar-refractivity contribution in [2.45, 2.75) is 6.92 Å². The molecule has 0 aromatic heterocycles. The molecule has 0 unspecified atom stereocenters. The Morgan fingerprint density at radius 2 is 1.81 bits per heavy atom. The predicted octanol–water partition coefficient (Wildman–Crippen LogP) is 1.79. The van der Waals surface area contributed by atoms with E-state index >= 15 is 0 Å². The fourth-order valence-electron chi connectivity index (χ4n) is 2.19. The smallest absolute Gasteiger partial charge is 0.0371 e. The highest BCUT2D eigenvalue weighted by atomic mass is 15.2. The number of anilines is 2. The first kappa shape index (κ1) is 11.3. The van der Waals surface area contributed by atoms with Gasteiger partial charge in [-0.3, -0.25) is 0 Å². The molecule has 0 amide bonds. The van der Waals surface area contributed by atoms with Crippen LogP contribution in [0.15, 0.2) is 18.2 Å². The topological polar surface area (TPSA) is 18.5 Å². The van der Waals surface area contributed by atoms with Gasteiger partial charge in [-0.15, -0.1) is 0 Å². The van der Waals surface area contributed by atoms with Crippen molar-refractivity contribution in [1.29, 1.82) is 0 Å². The molecule has 0 atom stereocenters. The second kappa shape index (κ2) is 4.74. The van der Waals surface area contributed by atoms with E-state index in [1.807, 2.05) is 7.05 Å². The molecule has 1 N–H and O–H groups in total. The zero-order chi connectivity index (χ0) is 11.5. The van der Waals surface area contributed by atoms with Crippen molar-refractivity contribution in [2.75, 3.05) is 50.5 Å². The van der Waals surface area contributed by atoms with Crippen molar-refractivity contribution >= 4 is 11.4 Å². The summed E-state index contributed by atoms with van der Waals surface area (Å²) in [5, 5.41) is 3.21. The van der Waals surface area contributed by atoms with E-state index in [0.29, 0.717) is 0 Å². The van der Waals surface area contributed by atoms with E-state index in [2.05, 4.69) is 47.3 Å². The number of piperazine rings is 1. The number of nitrogens with one attached hydrogen (secondary N) is 1. The van der Waals surface area contributed by atoms with Crippen molar-refractivity contribution in [1.82, 2.24) is 4.90 Å². The largest absolute Gasteiger partial charge is 0.388 e. The van der Waals surface area contributed by atoms with Gasteiger partial charge < -0.3 is 15.1 Å². The lowest BCUT2D eigenvalue weighted by Gasteiger charge is -2.34. The van der Waals surface area contributed by atoms with Crippen LogP contribution in [0.1, 0.15) is 5.56 Å². The molecule has 1 aliphatic rings. The molecule has 88 valence electrons. The fraction of sp³-hybridized carbons (Fsp3) is 0.538. The number of benzene rings is 1. The van der Waals surface area contributed by atoms with Gasteiger partial charge in [0.2, 0.25) is 0 Å². The molecule has 1 saturated heterocycles. The molecule has 0 saturated carbocycles. The summed E-state index contributed by atoms with van der Waals surface area (Å²) in [6.07, 6.45) is 0. The van der Waals surface area contributed by atoms with Crippen LogP contribution in [0.4, 0.5) is 11.4 Å². The summed E-state index contributed by atoms with van der Waals surface area (Å²) < 4.78 is 0. The van der Waals surface area contributed by atoms with Gasteiger partial charge in [0.1, 0.15) is 0 Å². The van der Waals surface area contributed by atoms with Crippen LogP contribution in [0.3, 0.4) is 0 Å². The zero-order valence-corrected chi connectivity index (χ0v) is 10.5. The normalized spacial score (nSPS) is 17.6. The zero-order valence-electron chi connectivity index (χ0n) is 10.5. The maximum absolute atomic E-state index is 3.21. The highest BCUT2D eigenvalue weighted by Crippen LogP contribution is 2.23. The van der Waals surface area contributed by atoms with Gasteiger partial charge in [0.05, 0.1) is 0 Å². The first-order valence-corrected chi connectivity index (χ1v) is 5.92. The van der Waals surface area contributed by atoms with Crippen LogP contribution in [0.25, 0.3) is 0 Å². The number of aryl methyl sites for hydroxylation is 1. The molecule has 0 aliphatic carbocycles. The average Bonchev–Trinajstić information content (AvgIpc) is 2.30. The van der Waals surface area contributed by atoms with E-state index in [-0.39, 0.29) is 0 Å². The summed E-state index contributed by atoms with van der Waals surface area (Å²) in [6.45, 7) is 6.74. The number of hydrogen-bond acceptors (Lipinski definition) is 3. The van der Waals surface area contributed by atoms with Gasteiger partial charge in [0.15, 0.2) is 0 Å². The third kappa shape index (κ3) is 2.30. The first-order chi connectivity index (χ1) is 7.70. The summed E-state index contributed by atoms with van der Waals surface area (Å²) in [5.41, 5.74) is 3.89. The molecule has 3 heteroatoms. The maximum Gasteiger partial charge on any atom is 0.0371 e. The lowest BCUT2D eigenvalue weighted by molar-refractivity contribution is 0.313. The fourth-order valence-corrected chi connectivity index (χ4v) is 2.19. The lowest BCUT2D eigenvalue weighted by Crippen LogP contribution is -2.44. The van der Waals surface area contributed by atoms with E-state index in [1.165, 1.54) is 16.9 Å². The minimum atomic E-state index is 1.13. The van der Waals surface area contributed by atoms with Gasteiger partial charge in [0, 0.05) is 44.6 Å². The SMILES string of the molecule is CNc1ccc(N2CCN(C)CC2)cc1C. The van der Waals surface area contributed by atoms with Gasteiger partial charge >= 0.3 is 0 Å². The van der Waals surface area contributed by atoms with Crippen LogP contribution >= 0.6 is 0 Å². The Bertz CT molecular complexity index is 354. The molecular formula is C13H21N3. The highest BCUT2D eigenvalue weighted by Gasteiger charge is 2.14. The summed E-state index contributed by atoms with van der Waals surface area (Å²) in [4.78, 5) is 4.85. The first-order valence-electron chi connectivity index (χ1n) is 5.92. The Balaban J connectivity index is 2.12. The molecule has 1 aromatic rings. The minimum absolute atomic E-state index is 1.13. The van der Waals surface area contributed by atoms with Crippen LogP contribution in [0.2, 0.25) is 0 Å². The summed E-state index contributed by atoms with van der Waals surface area (Å²) >= 11 is 0. The second-order valence-corrected chi connectivity index (χ2v) is 4.54. The second-order valence-electron chi connectivity index (χ2n) is 4.54. The van der Waals surface area contributed by atoms with Crippen molar-refractivity contribution < 1.29 is 0 Å². The van der Waals surface area contributed by atoms with E-state index in [1.54, 1.807) is 0 Å². The number of rotatable bonds is 2. The Morgan fingerprint density at radius 1 is 1.12 bits per heavy atom. The van der Waals surface area contributed by atoms with Crippen LogP contribution in [-0.4, -0.2) is 45.2 Å². The third-order valence-corrected chi connectivity index (χ3v) is 3.35. The van der Waals surface area contributed by atoms with E-state index in [4.69, 9.17) is 0 Å². The molecule has 1 fully saturated rings. The highest BCUT2D eigenvalue weighted by molar-refractivity contribution is 5.60. The minimum Gasteiger partial charge on any atom is -0.388 e. The Kier molecular flexibility index (Phi) is 3.34. The molecule has 0 radical (unpaired) electrons. The molecule has 1 heterocycles. The van der Waals surface area contributed by atoms with Crippen molar-refractivity contribution in [2.24, 2.45) is 0 Å². The van der Waals surface area contributed by atoms with Crippen LogP contribution in [-0.2, 0) is 0 Å². The number of likely N-dealkylation sites (N-methyl/N-ethyl adjacent to an activating group) is 1. The van der Waals surface area contributed by atoms with E-state index in [9.17, 15) is 0 Å². The van der Waals surface area contributed by atoms with Crippen LogP contribution in [0.5, 0.6) is 0 Å². The summed E-state index contributed by atoms with van der Waals surface area (Å²) in [7, 11) is 4.16. The molecule has 1 aromatic carbocycles. The van der Waals surface area contributed by atoms with Crippen molar-refractivity contribution in [3.8, 4) is 0 Å². The molecule has 0 spiro atoms.